The maximum Gasteiger partial charge on any atom is 0.329 e. The summed E-state index contributed by atoms with van der Waals surface area (Å²) in [5, 5.41) is 7.80. The molecule has 22 heavy (non-hydrogen) atoms. The fourth-order valence-electron chi connectivity index (χ4n) is 1.84. The Labute approximate surface area is 129 Å². The van der Waals surface area contributed by atoms with Gasteiger partial charge < -0.3 is 10.1 Å². The van der Waals surface area contributed by atoms with E-state index in [2.05, 4.69) is 10.1 Å². The first-order valence-electron chi connectivity index (χ1n) is 6.40. The molecule has 0 aliphatic carbocycles. The summed E-state index contributed by atoms with van der Waals surface area (Å²) in [6.07, 6.45) is 0. The van der Waals surface area contributed by atoms with Crippen LogP contribution in [0.25, 0.3) is 0 Å². The van der Waals surface area contributed by atoms with Crippen molar-refractivity contribution in [3.8, 4) is 0 Å². The predicted molar refractivity (Wildman–Crippen MR) is 81.0 cm³/mol. The van der Waals surface area contributed by atoms with Crippen molar-refractivity contribution in [3.05, 3.63) is 29.8 Å². The summed E-state index contributed by atoms with van der Waals surface area (Å²) in [5.74, 6) is -0.897. The van der Waals surface area contributed by atoms with Crippen LogP contribution >= 0.6 is 0 Å². The molecule has 0 saturated heterocycles. The number of hydrogen-bond donors (Lipinski definition) is 2. The summed E-state index contributed by atoms with van der Waals surface area (Å²) in [6.45, 7) is 3.09. The van der Waals surface area contributed by atoms with Crippen LogP contribution in [0.1, 0.15) is 19.4 Å². The molecule has 0 heterocycles. The number of esters is 1. The van der Waals surface area contributed by atoms with Gasteiger partial charge in [0.25, 0.3) is 10.2 Å². The average Bonchev–Trinajstić information content (AvgIpc) is 2.44. The first-order chi connectivity index (χ1) is 10.2. The van der Waals surface area contributed by atoms with Crippen molar-refractivity contribution < 1.29 is 22.7 Å². The fraction of sp³-hybridized carbons (Fsp3) is 0.385. The Bertz CT molecular complexity index is 642. The van der Waals surface area contributed by atoms with Crippen LogP contribution in [0.2, 0.25) is 0 Å². The summed E-state index contributed by atoms with van der Waals surface area (Å²) in [5.41, 5.74) is 1.01. The van der Waals surface area contributed by atoms with Crippen LogP contribution in [-0.2, 0) is 31.1 Å². The maximum absolute atomic E-state index is 11.7. The van der Waals surface area contributed by atoms with Crippen molar-refractivity contribution in [2.75, 3.05) is 11.4 Å². The largest absolute Gasteiger partial charge is 0.467 e. The first kappa shape index (κ1) is 17.9. The minimum absolute atomic E-state index is 0.172. The van der Waals surface area contributed by atoms with E-state index in [0.717, 1.165) is 17.0 Å². The zero-order valence-corrected chi connectivity index (χ0v) is 13.4. The lowest BCUT2D eigenvalue weighted by Gasteiger charge is -2.26. The lowest BCUT2D eigenvalue weighted by Crippen LogP contribution is -2.47. The normalized spacial score (nSPS) is 12.4. The van der Waals surface area contributed by atoms with Gasteiger partial charge in [0.05, 0.1) is 12.8 Å². The average molecular weight is 329 g/mol. The third-order valence-corrected chi connectivity index (χ3v) is 3.98. The van der Waals surface area contributed by atoms with Gasteiger partial charge >= 0.3 is 5.97 Å². The summed E-state index contributed by atoms with van der Waals surface area (Å²) >= 11 is 0. The van der Waals surface area contributed by atoms with Crippen LogP contribution in [0, 0.1) is 0 Å². The van der Waals surface area contributed by atoms with E-state index in [4.69, 9.17) is 5.14 Å². The van der Waals surface area contributed by atoms with E-state index in [9.17, 15) is 18.0 Å². The Balaban J connectivity index is 3.06. The van der Waals surface area contributed by atoms with Crippen molar-refractivity contribution in [1.29, 1.82) is 0 Å². The van der Waals surface area contributed by atoms with Crippen molar-refractivity contribution in [3.63, 3.8) is 0 Å². The Hall–Kier alpha value is -2.13. The van der Waals surface area contributed by atoms with Gasteiger partial charge in [-0.3, -0.25) is 4.79 Å². The fourth-order valence-corrected chi connectivity index (χ4v) is 2.79. The van der Waals surface area contributed by atoms with Crippen LogP contribution in [0.5, 0.6) is 0 Å². The second kappa shape index (κ2) is 7.23. The molecule has 0 bridgehead atoms. The topological polar surface area (TPSA) is 119 Å². The second-order valence-corrected chi connectivity index (χ2v) is 6.04. The molecular weight excluding hydrogens is 310 g/mol. The van der Waals surface area contributed by atoms with Gasteiger partial charge in [-0.1, -0.05) is 12.1 Å². The molecule has 3 N–H and O–H groups in total. The van der Waals surface area contributed by atoms with E-state index in [0.29, 0.717) is 6.54 Å². The third-order valence-electron chi connectivity index (χ3n) is 2.90. The number of carbonyl (C=O) groups is 2. The van der Waals surface area contributed by atoms with Gasteiger partial charge in [-0.2, -0.15) is 8.42 Å². The Morgan fingerprint density at radius 3 is 2.27 bits per heavy atom. The molecular formula is C13H19N3O5S. The molecule has 1 amide bonds. The van der Waals surface area contributed by atoms with Crippen LogP contribution in [0.15, 0.2) is 24.3 Å². The molecule has 1 rings (SSSR count). The number of ether oxygens (including phenoxy) is 1. The van der Waals surface area contributed by atoms with Crippen molar-refractivity contribution >= 4 is 27.8 Å². The Kier molecular flexibility index (Phi) is 5.89. The number of methoxy groups -OCH3 is 1. The molecule has 0 radical (unpaired) electrons. The van der Waals surface area contributed by atoms with Gasteiger partial charge in [0.1, 0.15) is 6.04 Å². The highest BCUT2D eigenvalue weighted by atomic mass is 32.2. The first-order valence-corrected chi connectivity index (χ1v) is 7.90. The Morgan fingerprint density at radius 1 is 1.32 bits per heavy atom. The quantitative estimate of drug-likeness (QED) is 0.706. The van der Waals surface area contributed by atoms with E-state index in [1.165, 1.54) is 26.0 Å². The third kappa shape index (κ3) is 4.71. The van der Waals surface area contributed by atoms with Gasteiger partial charge in [0.15, 0.2) is 0 Å². The second-order valence-electron chi connectivity index (χ2n) is 4.62. The van der Waals surface area contributed by atoms with Crippen LogP contribution in [0.3, 0.4) is 0 Å². The highest BCUT2D eigenvalue weighted by Crippen LogP contribution is 2.21. The molecule has 0 aliphatic rings. The minimum Gasteiger partial charge on any atom is -0.467 e. The predicted octanol–water partition coefficient (Wildman–Crippen LogP) is -0.106. The highest BCUT2D eigenvalue weighted by Gasteiger charge is 2.30. The van der Waals surface area contributed by atoms with Crippen LogP contribution in [-0.4, -0.2) is 33.4 Å². The number of nitrogens with zero attached hydrogens (tertiary/aromatic N) is 1. The summed E-state index contributed by atoms with van der Waals surface area (Å²) in [6, 6.07) is 5.17. The Morgan fingerprint density at radius 2 is 1.86 bits per heavy atom. The van der Waals surface area contributed by atoms with Gasteiger partial charge in [-0.15, -0.1) is 0 Å². The lowest BCUT2D eigenvalue weighted by atomic mass is 10.2. The van der Waals surface area contributed by atoms with Crippen molar-refractivity contribution in [2.45, 2.75) is 26.4 Å². The molecule has 1 atom stereocenters. The zero-order chi connectivity index (χ0) is 16.9. The highest BCUT2D eigenvalue weighted by molar-refractivity contribution is 7.90. The molecule has 0 spiro atoms. The monoisotopic (exact) mass is 329 g/mol. The van der Waals surface area contributed by atoms with E-state index in [-0.39, 0.29) is 11.6 Å². The molecule has 9 heteroatoms. The molecule has 8 nitrogen and oxygen atoms in total. The summed E-state index contributed by atoms with van der Waals surface area (Å²) in [4.78, 5) is 22.4. The number of benzene rings is 1. The van der Waals surface area contributed by atoms with E-state index in [1.807, 2.05) is 0 Å². The van der Waals surface area contributed by atoms with Crippen molar-refractivity contribution in [1.82, 2.24) is 5.32 Å². The number of amides is 1. The molecule has 0 fully saturated rings. The van der Waals surface area contributed by atoms with Gasteiger partial charge in [-0.25, -0.2) is 14.2 Å². The zero-order valence-electron chi connectivity index (χ0n) is 12.6. The van der Waals surface area contributed by atoms with Gasteiger partial charge in [0.2, 0.25) is 5.91 Å². The van der Waals surface area contributed by atoms with Gasteiger partial charge in [-0.05, 0) is 24.6 Å². The van der Waals surface area contributed by atoms with E-state index in [1.54, 1.807) is 12.1 Å². The SMILES string of the molecule is COC(=O)C(C)N(c1ccc(CNC(C)=O)cc1)S(N)(=O)=O. The maximum atomic E-state index is 11.7. The molecule has 0 aliphatic heterocycles. The number of rotatable bonds is 6. The van der Waals surface area contributed by atoms with Crippen LogP contribution < -0.4 is 14.8 Å². The van der Waals surface area contributed by atoms with E-state index < -0.39 is 22.2 Å². The molecule has 1 aromatic carbocycles. The minimum atomic E-state index is -4.15. The summed E-state index contributed by atoms with van der Waals surface area (Å²) < 4.78 is 28.8. The summed E-state index contributed by atoms with van der Waals surface area (Å²) in [7, 11) is -2.98. The number of carbonyl (C=O) groups excluding carboxylic acids is 2. The molecule has 122 valence electrons. The smallest absolute Gasteiger partial charge is 0.329 e. The van der Waals surface area contributed by atoms with Gasteiger partial charge in [0, 0.05) is 13.5 Å². The molecule has 0 aromatic heterocycles. The number of hydrogen-bond acceptors (Lipinski definition) is 5. The molecule has 1 aromatic rings. The van der Waals surface area contributed by atoms with Crippen molar-refractivity contribution in [2.24, 2.45) is 5.14 Å². The molecule has 1 unspecified atom stereocenters. The number of nitrogens with two attached hydrogens (primary N) is 1. The lowest BCUT2D eigenvalue weighted by molar-refractivity contribution is -0.141. The number of nitrogens with one attached hydrogen (secondary N) is 1. The standard InChI is InChI=1S/C13H19N3O5S/c1-9(13(18)21-3)16(22(14,19)20)12-6-4-11(5-7-12)8-15-10(2)17/h4-7,9H,8H2,1-3H3,(H,15,17)(H2,14,19,20). The number of anilines is 1. The van der Waals surface area contributed by atoms with Crippen LogP contribution in [0.4, 0.5) is 5.69 Å². The molecule has 0 saturated carbocycles. The van der Waals surface area contributed by atoms with E-state index >= 15 is 0 Å².